The van der Waals surface area contributed by atoms with Crippen molar-refractivity contribution in [1.82, 2.24) is 15.0 Å². The van der Waals surface area contributed by atoms with E-state index >= 15 is 0 Å². The van der Waals surface area contributed by atoms with Gasteiger partial charge in [0.05, 0.1) is 34.9 Å². The average molecular weight is 330 g/mol. The molecule has 3 heterocycles. The van der Waals surface area contributed by atoms with Gasteiger partial charge in [0.2, 0.25) is 0 Å². The van der Waals surface area contributed by atoms with Gasteiger partial charge >= 0.3 is 0 Å². The Morgan fingerprint density at radius 2 is 2.17 bits per heavy atom. The number of carbonyl (C=O) groups excluding carboxylic acids is 1. The quantitative estimate of drug-likeness (QED) is 0.781. The van der Waals surface area contributed by atoms with E-state index in [2.05, 4.69) is 20.3 Å². The van der Waals surface area contributed by atoms with Crippen LogP contribution in [0.15, 0.2) is 24.5 Å². The highest BCUT2D eigenvalue weighted by atomic mass is 32.1. The molecule has 1 N–H and O–H groups in total. The third-order valence-electron chi connectivity index (χ3n) is 3.50. The van der Waals surface area contributed by atoms with Crippen LogP contribution in [0, 0.1) is 5.82 Å². The fourth-order valence-electron chi connectivity index (χ4n) is 2.46. The largest absolute Gasteiger partial charge is 0.375 e. The summed E-state index contributed by atoms with van der Waals surface area (Å²) in [5, 5.41) is 3.19. The van der Waals surface area contributed by atoms with Gasteiger partial charge in [-0.15, -0.1) is 0 Å². The molecule has 0 bridgehead atoms. The molecule has 0 unspecified atom stereocenters. The van der Waals surface area contributed by atoms with Gasteiger partial charge in [-0.05, 0) is 6.07 Å². The number of aromatic nitrogens is 3. The Hall–Kier alpha value is -2.45. The van der Waals surface area contributed by atoms with Crippen LogP contribution in [-0.4, -0.2) is 27.5 Å². The standard InChI is InChI=1S/C15H11FN4O2S/c16-8-5-9(13-11(6-8)17-2-3-18-13)14(21)20-15-19-10-1-4-22-7-12(10)23-15/h2-3,5-6H,1,4,7H2,(H,19,20,21). The number of amides is 1. The lowest BCUT2D eigenvalue weighted by molar-refractivity contribution is 0.102. The van der Waals surface area contributed by atoms with Crippen LogP contribution in [0.3, 0.4) is 0 Å². The van der Waals surface area contributed by atoms with Crippen molar-refractivity contribution in [3.8, 4) is 0 Å². The summed E-state index contributed by atoms with van der Waals surface area (Å²) < 4.78 is 19.1. The molecule has 3 aromatic rings. The van der Waals surface area contributed by atoms with Crippen LogP contribution in [0.2, 0.25) is 0 Å². The SMILES string of the molecule is O=C(Nc1nc2c(s1)COCC2)c1cc(F)cc2nccnc12. The van der Waals surface area contributed by atoms with E-state index in [1.54, 1.807) is 0 Å². The van der Waals surface area contributed by atoms with Crippen molar-refractivity contribution in [3.05, 3.63) is 46.5 Å². The van der Waals surface area contributed by atoms with Crippen LogP contribution >= 0.6 is 11.3 Å². The van der Waals surface area contributed by atoms with E-state index in [-0.39, 0.29) is 5.56 Å². The molecule has 23 heavy (non-hydrogen) atoms. The average Bonchev–Trinajstić information content (AvgIpc) is 2.96. The van der Waals surface area contributed by atoms with Crippen LogP contribution < -0.4 is 5.32 Å². The molecule has 1 aliphatic heterocycles. The molecule has 0 saturated carbocycles. The Morgan fingerprint density at radius 1 is 1.30 bits per heavy atom. The van der Waals surface area contributed by atoms with Gasteiger partial charge in [-0.25, -0.2) is 9.37 Å². The number of fused-ring (bicyclic) bond motifs is 2. The fraction of sp³-hybridized carbons (Fsp3) is 0.200. The van der Waals surface area contributed by atoms with Gasteiger partial charge in [-0.3, -0.25) is 20.1 Å². The number of carbonyl (C=O) groups is 1. The number of hydrogen-bond acceptors (Lipinski definition) is 6. The second-order valence-corrected chi connectivity index (χ2v) is 6.11. The highest BCUT2D eigenvalue weighted by Gasteiger charge is 2.19. The summed E-state index contributed by atoms with van der Waals surface area (Å²) in [4.78, 5) is 26.0. The molecule has 1 amide bonds. The topological polar surface area (TPSA) is 77.0 Å². The molecule has 0 spiro atoms. The molecule has 2 aromatic heterocycles. The molecule has 6 nitrogen and oxygen atoms in total. The Morgan fingerprint density at radius 3 is 3.04 bits per heavy atom. The van der Waals surface area contributed by atoms with Crippen molar-refractivity contribution in [2.24, 2.45) is 0 Å². The number of halogens is 1. The van der Waals surface area contributed by atoms with Crippen molar-refractivity contribution in [2.45, 2.75) is 13.0 Å². The number of anilines is 1. The van der Waals surface area contributed by atoms with Gasteiger partial charge in [0.25, 0.3) is 5.91 Å². The molecular weight excluding hydrogens is 319 g/mol. The van der Waals surface area contributed by atoms with Gasteiger partial charge in [0, 0.05) is 24.9 Å². The van der Waals surface area contributed by atoms with Gasteiger partial charge in [-0.2, -0.15) is 0 Å². The van der Waals surface area contributed by atoms with Crippen LogP contribution in [0.4, 0.5) is 9.52 Å². The van der Waals surface area contributed by atoms with Crippen molar-refractivity contribution in [1.29, 1.82) is 0 Å². The van der Waals surface area contributed by atoms with Crippen molar-refractivity contribution < 1.29 is 13.9 Å². The minimum Gasteiger partial charge on any atom is -0.375 e. The molecular formula is C15H11FN4O2S. The summed E-state index contributed by atoms with van der Waals surface area (Å²) in [6.45, 7) is 1.14. The van der Waals surface area contributed by atoms with Crippen molar-refractivity contribution in [3.63, 3.8) is 0 Å². The fourth-order valence-corrected chi connectivity index (χ4v) is 3.40. The normalized spacial score (nSPS) is 13.8. The Balaban J connectivity index is 1.68. The number of hydrogen-bond donors (Lipinski definition) is 1. The van der Waals surface area contributed by atoms with E-state index in [4.69, 9.17) is 4.74 Å². The molecule has 0 fully saturated rings. The summed E-state index contributed by atoms with van der Waals surface area (Å²) >= 11 is 1.37. The number of benzene rings is 1. The molecule has 1 aromatic carbocycles. The van der Waals surface area contributed by atoms with E-state index in [1.807, 2.05) is 0 Å². The number of rotatable bonds is 2. The Kier molecular flexibility index (Phi) is 3.47. The second-order valence-electron chi connectivity index (χ2n) is 5.02. The minimum atomic E-state index is -0.532. The summed E-state index contributed by atoms with van der Waals surface area (Å²) in [5.41, 5.74) is 1.78. The summed E-state index contributed by atoms with van der Waals surface area (Å²) in [6.07, 6.45) is 3.66. The predicted octanol–water partition coefficient (Wildman–Crippen LogP) is 2.55. The van der Waals surface area contributed by atoms with Gasteiger partial charge < -0.3 is 4.74 Å². The van der Waals surface area contributed by atoms with Gasteiger partial charge in [0.1, 0.15) is 11.3 Å². The van der Waals surface area contributed by atoms with Crippen molar-refractivity contribution >= 4 is 33.4 Å². The zero-order valence-corrected chi connectivity index (χ0v) is 12.7. The first kappa shape index (κ1) is 14.2. The Bertz CT molecular complexity index is 888. The van der Waals surface area contributed by atoms with Crippen LogP contribution in [0.1, 0.15) is 20.9 Å². The van der Waals surface area contributed by atoms with E-state index in [1.165, 1.54) is 29.8 Å². The monoisotopic (exact) mass is 330 g/mol. The summed E-state index contributed by atoms with van der Waals surface area (Å²) in [6, 6.07) is 2.40. The maximum absolute atomic E-state index is 13.7. The molecule has 0 atom stereocenters. The van der Waals surface area contributed by atoms with E-state index < -0.39 is 11.7 Å². The van der Waals surface area contributed by atoms with E-state index in [0.29, 0.717) is 29.4 Å². The van der Waals surface area contributed by atoms with Gasteiger partial charge in [-0.1, -0.05) is 11.3 Å². The van der Waals surface area contributed by atoms with Gasteiger partial charge in [0.15, 0.2) is 5.13 Å². The molecule has 1 aliphatic rings. The lowest BCUT2D eigenvalue weighted by Crippen LogP contribution is -2.13. The molecule has 4 rings (SSSR count). The second kappa shape index (κ2) is 5.64. The maximum Gasteiger partial charge on any atom is 0.259 e. The lowest BCUT2D eigenvalue weighted by Gasteiger charge is -2.08. The highest BCUT2D eigenvalue weighted by Crippen LogP contribution is 2.28. The molecule has 8 heteroatoms. The predicted molar refractivity (Wildman–Crippen MR) is 82.9 cm³/mol. The maximum atomic E-state index is 13.7. The lowest BCUT2D eigenvalue weighted by atomic mass is 10.1. The minimum absolute atomic E-state index is 0.137. The first-order valence-corrected chi connectivity index (χ1v) is 7.80. The summed E-state index contributed by atoms with van der Waals surface area (Å²) in [7, 11) is 0. The smallest absolute Gasteiger partial charge is 0.259 e. The number of nitrogens with one attached hydrogen (secondary N) is 1. The third-order valence-corrected chi connectivity index (χ3v) is 4.48. The van der Waals surface area contributed by atoms with Crippen LogP contribution in [0.25, 0.3) is 11.0 Å². The number of nitrogens with zero attached hydrogens (tertiary/aromatic N) is 3. The zero-order valence-electron chi connectivity index (χ0n) is 11.9. The number of thiazole rings is 1. The summed E-state index contributed by atoms with van der Waals surface area (Å²) in [5.74, 6) is -0.989. The van der Waals surface area contributed by atoms with Crippen LogP contribution in [0.5, 0.6) is 0 Å². The van der Waals surface area contributed by atoms with E-state index in [9.17, 15) is 9.18 Å². The van der Waals surface area contributed by atoms with E-state index in [0.717, 1.165) is 23.1 Å². The van der Waals surface area contributed by atoms with Crippen molar-refractivity contribution in [2.75, 3.05) is 11.9 Å². The molecule has 0 saturated heterocycles. The zero-order chi connectivity index (χ0) is 15.8. The Labute approximate surface area is 134 Å². The first-order chi connectivity index (χ1) is 11.2. The highest BCUT2D eigenvalue weighted by molar-refractivity contribution is 7.15. The molecule has 0 radical (unpaired) electrons. The number of ether oxygens (including phenoxy) is 1. The molecule has 116 valence electrons. The third kappa shape index (κ3) is 2.66. The van der Waals surface area contributed by atoms with Crippen LogP contribution in [-0.2, 0) is 17.8 Å². The first-order valence-electron chi connectivity index (χ1n) is 6.98. The molecule has 0 aliphatic carbocycles.